The molecule has 0 unspecified atom stereocenters. The molecule has 1 radical (unpaired) electrons. The van der Waals surface area contributed by atoms with Gasteiger partial charge in [-0.2, -0.15) is 60.7 Å². The van der Waals surface area contributed by atoms with Gasteiger partial charge in [-0.1, -0.05) is 91.0 Å². The Hall–Kier alpha value is -9.39. The summed E-state index contributed by atoms with van der Waals surface area (Å²) >= 11 is 0. The van der Waals surface area contributed by atoms with E-state index in [0.29, 0.717) is 0 Å². The Labute approximate surface area is 599 Å². The molecule has 0 saturated heterocycles. The number of para-hydroxylation sites is 3. The topological polar surface area (TPSA) is 96.8 Å². The Bertz CT molecular complexity index is 4170. The van der Waals surface area contributed by atoms with Gasteiger partial charge in [0.05, 0.1) is 35.7 Å². The quantitative estimate of drug-likeness (QED) is 0.129. The van der Waals surface area contributed by atoms with Gasteiger partial charge in [0.25, 0.3) is 0 Å². The summed E-state index contributed by atoms with van der Waals surface area (Å²) in [5, 5.41) is 0. The van der Waals surface area contributed by atoms with Crippen LogP contribution in [0.25, 0.3) is 33.8 Å². The first-order valence-electron chi connectivity index (χ1n) is 31.4. The molecule has 12 aromatic rings. The maximum absolute atomic E-state index is 5.11. The SMILES string of the molecule is Cc1cc(C)cc(N2[CH-]N(c3[c-]cccc3)c3nc(-c4c(C)cccc4C)cnc32)c1.Cc1cc(C)cc(N2[CH-]N(c3[c-]cccc3)c3nc(-c4c(C)cccc4C)cnc32)c1.Cc1cc(C)cc(N2[CH-]N(c3ccccc3)c3nc(-c4c(C)cccc4C)cnc32)c1.Cl.[Ir+3].[Ir]. The van der Waals surface area contributed by atoms with E-state index in [9.17, 15) is 0 Å². The Balaban J connectivity index is 0.000000154. The standard InChI is InChI=1S/C27H25N4.2C27H24N4.ClH.2Ir/c3*1-18-13-19(2)15-23(14-18)31-17-30(22-11-6-5-7-12-22)27-26(31)28-16-24(29-27)25-20(3)9-8-10-21(25)4;;;/h5-17H,1-4H3;2*5-11,13-17H,1-4H3;1H;;/q-1;2*-2;;;+3. The molecule has 15 rings (SSSR count). The van der Waals surface area contributed by atoms with Gasteiger partial charge in [-0.3, -0.25) is 0 Å². The number of halogens is 1. The zero-order valence-electron chi connectivity index (χ0n) is 55.8. The van der Waals surface area contributed by atoms with Crippen LogP contribution in [0, 0.1) is 115 Å². The average Bonchev–Trinajstić information content (AvgIpc) is 1.63. The molecule has 3 aliphatic heterocycles. The van der Waals surface area contributed by atoms with Crippen LogP contribution in [0.15, 0.2) is 207 Å². The zero-order valence-corrected chi connectivity index (χ0v) is 61.4. The first kappa shape index (κ1) is 69.4. The number of aromatic nitrogens is 6. The summed E-state index contributed by atoms with van der Waals surface area (Å²) in [5.41, 5.74) is 26.8. The summed E-state index contributed by atoms with van der Waals surface area (Å²) in [6, 6.07) is 71.4. The predicted molar refractivity (Wildman–Crippen MR) is 389 cm³/mol. The van der Waals surface area contributed by atoms with E-state index in [0.717, 1.165) is 103 Å². The number of anilines is 12. The number of benzene rings is 9. The van der Waals surface area contributed by atoms with Crippen molar-refractivity contribution in [3.8, 4) is 33.8 Å². The molecule has 3 aromatic heterocycles. The van der Waals surface area contributed by atoms with E-state index in [1.54, 1.807) is 0 Å². The van der Waals surface area contributed by atoms with Gasteiger partial charge < -0.3 is 29.4 Å². The van der Waals surface area contributed by atoms with Gasteiger partial charge in [-0.15, -0.1) is 43.8 Å². The van der Waals surface area contributed by atoms with Gasteiger partial charge in [0.1, 0.15) is 34.9 Å². The molecule has 0 amide bonds. The van der Waals surface area contributed by atoms with Crippen molar-refractivity contribution in [1.82, 2.24) is 29.9 Å². The van der Waals surface area contributed by atoms with Gasteiger partial charge in [0.15, 0.2) is 0 Å². The molecule has 0 aliphatic carbocycles. The van der Waals surface area contributed by atoms with Crippen LogP contribution in [0.1, 0.15) is 66.8 Å². The summed E-state index contributed by atoms with van der Waals surface area (Å²) in [5.74, 6) is 4.92. The normalized spacial score (nSPS) is 12.5. The molecule has 96 heavy (non-hydrogen) atoms. The minimum absolute atomic E-state index is 0. The van der Waals surface area contributed by atoms with Gasteiger partial charge in [0.2, 0.25) is 0 Å². The van der Waals surface area contributed by atoms with Crippen LogP contribution in [0.2, 0.25) is 0 Å². The minimum atomic E-state index is 0. The van der Waals surface area contributed by atoms with Crippen LogP contribution in [0.3, 0.4) is 0 Å². The molecule has 0 spiro atoms. The third-order valence-electron chi connectivity index (χ3n) is 16.9. The minimum Gasteiger partial charge on any atom is -0.477 e. The van der Waals surface area contributed by atoms with E-state index < -0.39 is 0 Å². The Morgan fingerprint density at radius 1 is 0.292 bits per heavy atom. The van der Waals surface area contributed by atoms with Crippen molar-refractivity contribution >= 4 is 81.4 Å². The van der Waals surface area contributed by atoms with Crippen molar-refractivity contribution in [2.75, 3.05) is 29.4 Å². The molecule has 0 fully saturated rings. The van der Waals surface area contributed by atoms with Crippen LogP contribution in [0.5, 0.6) is 0 Å². The smallest absolute Gasteiger partial charge is 0.477 e. The fraction of sp³-hybridized carbons (Fsp3) is 0.148. The van der Waals surface area contributed by atoms with E-state index in [2.05, 4.69) is 266 Å². The fourth-order valence-corrected chi connectivity index (χ4v) is 12.8. The van der Waals surface area contributed by atoms with E-state index >= 15 is 0 Å². The third-order valence-corrected chi connectivity index (χ3v) is 16.9. The Kier molecular flexibility index (Phi) is 21.5. The van der Waals surface area contributed by atoms with Gasteiger partial charge in [0, 0.05) is 59.5 Å². The maximum Gasteiger partial charge on any atom is 3.00 e. The predicted octanol–water partition coefficient (Wildman–Crippen LogP) is 20.4. The van der Waals surface area contributed by atoms with Crippen molar-refractivity contribution in [2.24, 2.45) is 0 Å². The summed E-state index contributed by atoms with van der Waals surface area (Å²) < 4.78 is 0. The largest absolute Gasteiger partial charge is 3.00 e. The van der Waals surface area contributed by atoms with E-state index in [1.165, 1.54) is 66.8 Å². The zero-order chi connectivity index (χ0) is 64.6. The second kappa shape index (κ2) is 29.7. The van der Waals surface area contributed by atoms with Crippen molar-refractivity contribution in [3.63, 3.8) is 0 Å². The van der Waals surface area contributed by atoms with E-state index in [1.807, 2.05) is 85.3 Å². The Morgan fingerprint density at radius 3 is 0.854 bits per heavy atom. The first-order valence-corrected chi connectivity index (χ1v) is 31.4. The molecule has 15 heteroatoms. The summed E-state index contributed by atoms with van der Waals surface area (Å²) in [6.45, 7) is 31.6. The molecule has 0 saturated carbocycles. The second-order valence-corrected chi connectivity index (χ2v) is 24.4. The third kappa shape index (κ3) is 14.3. The van der Waals surface area contributed by atoms with Gasteiger partial charge >= 0.3 is 20.1 Å². The average molecular weight is 1640 g/mol. The number of hydrogen-bond donors (Lipinski definition) is 0. The fourth-order valence-electron chi connectivity index (χ4n) is 12.8. The number of fused-ring (bicyclic) bond motifs is 3. The monoisotopic (exact) mass is 1640 g/mol. The van der Waals surface area contributed by atoms with Crippen LogP contribution < -0.4 is 29.4 Å². The summed E-state index contributed by atoms with van der Waals surface area (Å²) in [6.07, 6.45) is 5.66. The van der Waals surface area contributed by atoms with Crippen molar-refractivity contribution in [3.05, 3.63) is 306 Å². The number of hydrogen-bond acceptors (Lipinski definition) is 12. The molecule has 6 heterocycles. The van der Waals surface area contributed by atoms with Crippen molar-refractivity contribution in [1.29, 1.82) is 0 Å². The number of rotatable bonds is 9. The molecule has 0 bridgehead atoms. The number of nitrogens with zero attached hydrogens (tertiary/aromatic N) is 12. The summed E-state index contributed by atoms with van der Waals surface area (Å²) in [4.78, 5) is 42.6. The van der Waals surface area contributed by atoms with Crippen LogP contribution in [-0.4, -0.2) is 29.9 Å². The maximum atomic E-state index is 5.11. The molecule has 485 valence electrons. The summed E-state index contributed by atoms with van der Waals surface area (Å²) in [7, 11) is 0. The van der Waals surface area contributed by atoms with Crippen molar-refractivity contribution < 1.29 is 40.2 Å². The second-order valence-electron chi connectivity index (χ2n) is 24.4. The molecular weight excluding hydrogens is 1560 g/mol. The van der Waals surface area contributed by atoms with Crippen molar-refractivity contribution in [2.45, 2.75) is 83.1 Å². The molecule has 9 aromatic carbocycles. The number of aryl methyl sites for hydroxylation is 12. The van der Waals surface area contributed by atoms with Gasteiger partial charge in [-0.25, -0.2) is 29.9 Å². The molecule has 3 aliphatic rings. The van der Waals surface area contributed by atoms with Crippen LogP contribution >= 0.6 is 12.4 Å². The Morgan fingerprint density at radius 2 is 0.562 bits per heavy atom. The molecule has 0 atom stereocenters. The van der Waals surface area contributed by atoms with Gasteiger partial charge in [-0.05, 0) is 198 Å². The van der Waals surface area contributed by atoms with E-state index in [-0.39, 0.29) is 52.6 Å². The van der Waals surface area contributed by atoms with Crippen LogP contribution in [-0.2, 0) is 40.2 Å². The van der Waals surface area contributed by atoms with Crippen LogP contribution in [0.4, 0.5) is 69.0 Å². The molecular formula is C81H74ClIr2N12-2. The molecule has 12 nitrogen and oxygen atoms in total. The van der Waals surface area contributed by atoms with E-state index in [4.69, 9.17) is 29.9 Å². The molecule has 0 N–H and O–H groups in total. The first-order chi connectivity index (χ1) is 45.0.